The number of nitrogens with two attached hydrogens (primary N) is 1. The number of hydrogen-bond donors (Lipinski definition) is 1. The lowest BCUT2D eigenvalue weighted by Gasteiger charge is -2.37. The summed E-state index contributed by atoms with van der Waals surface area (Å²) in [6.07, 6.45) is 1.03. The van der Waals surface area contributed by atoms with Crippen LogP contribution in [0.25, 0.3) is 0 Å². The van der Waals surface area contributed by atoms with Crippen LogP contribution in [0.4, 0.5) is 0 Å². The first-order valence-electron chi connectivity index (χ1n) is 6.00. The summed E-state index contributed by atoms with van der Waals surface area (Å²) in [7, 11) is 2.19. The van der Waals surface area contributed by atoms with Crippen LogP contribution in [0.3, 0.4) is 0 Å². The summed E-state index contributed by atoms with van der Waals surface area (Å²) in [5.74, 6) is 0.544. The van der Waals surface area contributed by atoms with Crippen LogP contribution in [-0.4, -0.2) is 68.8 Å². The number of likely N-dealkylation sites (N-methyl/N-ethyl adjacent to an activating group) is 1. The molecule has 0 saturated carbocycles. The molecule has 0 aromatic heterocycles. The Morgan fingerprint density at radius 1 is 1.27 bits per heavy atom. The van der Waals surface area contributed by atoms with Gasteiger partial charge in [-0.2, -0.15) is 0 Å². The normalized spacial score (nSPS) is 35.6. The molecule has 0 amide bonds. The maximum atomic E-state index is 6.11. The molecule has 4 heteroatoms. The maximum Gasteiger partial charge on any atom is 0.0521 e. The molecular formula is C11H23N3O. The van der Waals surface area contributed by atoms with Gasteiger partial charge in [0.25, 0.3) is 0 Å². The SMILES string of the molecule is CN1CCN(CC2COCCC2N)CC1. The predicted molar refractivity (Wildman–Crippen MR) is 60.8 cm³/mol. The van der Waals surface area contributed by atoms with Crippen molar-refractivity contribution in [2.24, 2.45) is 11.7 Å². The molecule has 0 spiro atoms. The van der Waals surface area contributed by atoms with Gasteiger partial charge < -0.3 is 20.3 Å². The van der Waals surface area contributed by atoms with E-state index in [1.54, 1.807) is 0 Å². The molecule has 2 N–H and O–H groups in total. The second kappa shape index (κ2) is 5.25. The molecule has 2 unspecified atom stereocenters. The van der Waals surface area contributed by atoms with E-state index in [0.29, 0.717) is 12.0 Å². The number of ether oxygens (including phenoxy) is 1. The molecule has 15 heavy (non-hydrogen) atoms. The van der Waals surface area contributed by atoms with Gasteiger partial charge in [-0.05, 0) is 13.5 Å². The Morgan fingerprint density at radius 2 is 2.00 bits per heavy atom. The van der Waals surface area contributed by atoms with Gasteiger partial charge in [0, 0.05) is 51.3 Å². The van der Waals surface area contributed by atoms with Crippen molar-refractivity contribution in [1.29, 1.82) is 0 Å². The highest BCUT2D eigenvalue weighted by molar-refractivity contribution is 4.81. The molecule has 2 heterocycles. The zero-order valence-corrected chi connectivity index (χ0v) is 9.69. The molecule has 2 rings (SSSR count). The monoisotopic (exact) mass is 213 g/mol. The highest BCUT2D eigenvalue weighted by Gasteiger charge is 2.25. The fraction of sp³-hybridized carbons (Fsp3) is 1.00. The lowest BCUT2D eigenvalue weighted by Crippen LogP contribution is -2.50. The van der Waals surface area contributed by atoms with Crippen LogP contribution >= 0.6 is 0 Å². The van der Waals surface area contributed by atoms with E-state index in [-0.39, 0.29) is 0 Å². The Morgan fingerprint density at radius 3 is 2.67 bits per heavy atom. The minimum Gasteiger partial charge on any atom is -0.381 e. The van der Waals surface area contributed by atoms with Gasteiger partial charge in [0.05, 0.1) is 6.61 Å². The third-order valence-electron chi connectivity index (χ3n) is 3.62. The van der Waals surface area contributed by atoms with E-state index in [2.05, 4.69) is 16.8 Å². The Kier molecular flexibility index (Phi) is 3.97. The van der Waals surface area contributed by atoms with Gasteiger partial charge in [-0.25, -0.2) is 0 Å². The second-order valence-corrected chi connectivity index (χ2v) is 4.89. The average Bonchev–Trinajstić information content (AvgIpc) is 2.25. The van der Waals surface area contributed by atoms with Crippen molar-refractivity contribution < 1.29 is 4.74 Å². The van der Waals surface area contributed by atoms with Crippen LogP contribution in [0.1, 0.15) is 6.42 Å². The number of hydrogen-bond acceptors (Lipinski definition) is 4. The van der Waals surface area contributed by atoms with Gasteiger partial charge in [-0.3, -0.25) is 0 Å². The Labute approximate surface area is 92.4 Å². The van der Waals surface area contributed by atoms with E-state index in [1.165, 1.54) is 26.2 Å². The van der Waals surface area contributed by atoms with Crippen molar-refractivity contribution in [1.82, 2.24) is 9.80 Å². The molecule has 88 valence electrons. The number of piperazine rings is 1. The molecule has 2 aliphatic rings. The fourth-order valence-electron chi connectivity index (χ4n) is 2.36. The number of nitrogens with zero attached hydrogens (tertiary/aromatic N) is 2. The van der Waals surface area contributed by atoms with Gasteiger partial charge in [0.2, 0.25) is 0 Å². The van der Waals surface area contributed by atoms with Crippen molar-refractivity contribution in [3.63, 3.8) is 0 Å². The van der Waals surface area contributed by atoms with Crippen LogP contribution in [-0.2, 0) is 4.74 Å². The summed E-state index contributed by atoms with van der Waals surface area (Å²) >= 11 is 0. The first-order chi connectivity index (χ1) is 7.25. The molecule has 4 nitrogen and oxygen atoms in total. The summed E-state index contributed by atoms with van der Waals surface area (Å²) in [5, 5.41) is 0. The molecule has 2 atom stereocenters. The van der Waals surface area contributed by atoms with Gasteiger partial charge >= 0.3 is 0 Å². The topological polar surface area (TPSA) is 41.7 Å². The zero-order valence-electron chi connectivity index (χ0n) is 9.69. The first-order valence-corrected chi connectivity index (χ1v) is 6.00. The van der Waals surface area contributed by atoms with Gasteiger partial charge in [-0.15, -0.1) is 0 Å². The summed E-state index contributed by atoms with van der Waals surface area (Å²) in [4.78, 5) is 4.91. The third-order valence-corrected chi connectivity index (χ3v) is 3.62. The van der Waals surface area contributed by atoms with Gasteiger partial charge in [0.15, 0.2) is 0 Å². The van der Waals surface area contributed by atoms with Crippen molar-refractivity contribution in [3.05, 3.63) is 0 Å². The zero-order chi connectivity index (χ0) is 10.7. The highest BCUT2D eigenvalue weighted by Crippen LogP contribution is 2.15. The van der Waals surface area contributed by atoms with E-state index in [4.69, 9.17) is 10.5 Å². The molecule has 0 aromatic carbocycles. The molecule has 0 aliphatic carbocycles. The van der Waals surface area contributed by atoms with E-state index in [0.717, 1.165) is 26.2 Å². The van der Waals surface area contributed by atoms with E-state index in [9.17, 15) is 0 Å². The van der Waals surface area contributed by atoms with Gasteiger partial charge in [-0.1, -0.05) is 0 Å². The van der Waals surface area contributed by atoms with E-state index < -0.39 is 0 Å². The molecule has 2 aliphatic heterocycles. The summed E-state index contributed by atoms with van der Waals surface area (Å²) in [6.45, 7) is 7.55. The van der Waals surface area contributed by atoms with Crippen molar-refractivity contribution in [3.8, 4) is 0 Å². The Bertz CT molecular complexity index is 192. The fourth-order valence-corrected chi connectivity index (χ4v) is 2.36. The minimum absolute atomic E-state index is 0.346. The average molecular weight is 213 g/mol. The standard InChI is InChI=1S/C11H23N3O/c1-13-3-5-14(6-4-13)8-10-9-15-7-2-11(10)12/h10-11H,2-9,12H2,1H3. The van der Waals surface area contributed by atoms with Crippen LogP contribution in [0, 0.1) is 5.92 Å². The Balaban J connectivity index is 1.75. The highest BCUT2D eigenvalue weighted by atomic mass is 16.5. The first kappa shape index (κ1) is 11.3. The lowest BCUT2D eigenvalue weighted by atomic mass is 9.96. The molecule has 2 fully saturated rings. The molecule has 0 bridgehead atoms. The quantitative estimate of drug-likeness (QED) is 0.677. The Hall–Kier alpha value is -0.160. The minimum atomic E-state index is 0.346. The molecule has 0 radical (unpaired) electrons. The van der Waals surface area contributed by atoms with Crippen LogP contribution in [0.2, 0.25) is 0 Å². The van der Waals surface area contributed by atoms with Crippen LogP contribution in [0.5, 0.6) is 0 Å². The van der Waals surface area contributed by atoms with Crippen LogP contribution in [0.15, 0.2) is 0 Å². The van der Waals surface area contributed by atoms with Crippen molar-refractivity contribution in [2.75, 3.05) is 53.0 Å². The maximum absolute atomic E-state index is 6.11. The number of rotatable bonds is 2. The molecule has 2 saturated heterocycles. The third kappa shape index (κ3) is 3.14. The van der Waals surface area contributed by atoms with Crippen LogP contribution < -0.4 is 5.73 Å². The van der Waals surface area contributed by atoms with Gasteiger partial charge in [0.1, 0.15) is 0 Å². The molecule has 0 aromatic rings. The summed E-state index contributed by atoms with van der Waals surface area (Å²) in [6, 6.07) is 0.346. The summed E-state index contributed by atoms with van der Waals surface area (Å²) in [5.41, 5.74) is 6.11. The smallest absolute Gasteiger partial charge is 0.0521 e. The largest absolute Gasteiger partial charge is 0.381 e. The second-order valence-electron chi connectivity index (χ2n) is 4.89. The van der Waals surface area contributed by atoms with Crippen molar-refractivity contribution in [2.45, 2.75) is 12.5 Å². The predicted octanol–water partition coefficient (Wildman–Crippen LogP) is -0.402. The van der Waals surface area contributed by atoms with E-state index in [1.807, 2.05) is 0 Å². The lowest BCUT2D eigenvalue weighted by molar-refractivity contribution is 0.0192. The molecular weight excluding hydrogens is 190 g/mol. The van der Waals surface area contributed by atoms with E-state index >= 15 is 0 Å². The summed E-state index contributed by atoms with van der Waals surface area (Å²) < 4.78 is 5.50. The van der Waals surface area contributed by atoms with Crippen molar-refractivity contribution >= 4 is 0 Å².